The molecule has 2 heterocycles. The van der Waals surface area contributed by atoms with Gasteiger partial charge in [-0.25, -0.2) is 14.6 Å². The van der Waals surface area contributed by atoms with Crippen molar-refractivity contribution in [3.05, 3.63) is 60.4 Å². The molecule has 0 N–H and O–H groups in total. The minimum Gasteiger partial charge on any atom is -0.244 e. The number of benzene rings is 1. The van der Waals surface area contributed by atoms with Crippen LogP contribution in [-0.2, 0) is 0 Å². The molecule has 118 valence electrons. The number of rotatable bonds is 5. The van der Waals surface area contributed by atoms with E-state index in [9.17, 15) is 0 Å². The van der Waals surface area contributed by atoms with Crippen LogP contribution in [0.2, 0.25) is 0 Å². The molecule has 23 heavy (non-hydrogen) atoms. The SMILES string of the molecule is CCC(CC)c1ccc(-c2cncnc2)cc1-n1ccc(C)n1. The van der Waals surface area contributed by atoms with Crippen LogP contribution in [0.3, 0.4) is 0 Å². The van der Waals surface area contributed by atoms with Crippen LogP contribution < -0.4 is 0 Å². The summed E-state index contributed by atoms with van der Waals surface area (Å²) >= 11 is 0. The van der Waals surface area contributed by atoms with E-state index in [1.54, 1.807) is 6.33 Å². The Morgan fingerprint density at radius 3 is 2.35 bits per heavy atom. The molecule has 1 aromatic carbocycles. The van der Waals surface area contributed by atoms with Crippen molar-refractivity contribution in [3.8, 4) is 16.8 Å². The third kappa shape index (κ3) is 3.16. The Morgan fingerprint density at radius 2 is 1.74 bits per heavy atom. The predicted octanol–water partition coefficient (Wildman–Crippen LogP) is 4.54. The minimum absolute atomic E-state index is 0.538. The van der Waals surface area contributed by atoms with Gasteiger partial charge in [0.05, 0.1) is 11.4 Å². The largest absolute Gasteiger partial charge is 0.244 e. The Balaban J connectivity index is 2.14. The molecule has 3 rings (SSSR count). The van der Waals surface area contributed by atoms with E-state index >= 15 is 0 Å². The first-order valence-electron chi connectivity index (χ1n) is 8.14. The third-order valence-corrected chi connectivity index (χ3v) is 4.32. The zero-order chi connectivity index (χ0) is 16.2. The molecule has 4 heteroatoms. The van der Waals surface area contributed by atoms with Crippen molar-refractivity contribution in [3.63, 3.8) is 0 Å². The highest BCUT2D eigenvalue weighted by Crippen LogP contribution is 2.32. The fraction of sp³-hybridized carbons (Fsp3) is 0.316. The Hall–Kier alpha value is -2.49. The molecule has 2 aromatic heterocycles. The summed E-state index contributed by atoms with van der Waals surface area (Å²) in [6.07, 6.45) is 9.52. The maximum absolute atomic E-state index is 4.61. The van der Waals surface area contributed by atoms with Crippen LogP contribution in [0, 0.1) is 6.92 Å². The lowest BCUT2D eigenvalue weighted by atomic mass is 9.91. The normalized spacial score (nSPS) is 11.1. The first kappa shape index (κ1) is 15.4. The average molecular weight is 306 g/mol. The highest BCUT2D eigenvalue weighted by Gasteiger charge is 2.15. The van der Waals surface area contributed by atoms with E-state index in [1.165, 1.54) is 5.56 Å². The van der Waals surface area contributed by atoms with Crippen molar-refractivity contribution in [2.24, 2.45) is 0 Å². The Morgan fingerprint density at radius 1 is 1.00 bits per heavy atom. The van der Waals surface area contributed by atoms with E-state index in [-0.39, 0.29) is 0 Å². The number of aromatic nitrogens is 4. The topological polar surface area (TPSA) is 43.6 Å². The van der Waals surface area contributed by atoms with E-state index in [0.717, 1.165) is 35.3 Å². The van der Waals surface area contributed by atoms with Crippen molar-refractivity contribution in [2.75, 3.05) is 0 Å². The first-order chi connectivity index (χ1) is 11.2. The predicted molar refractivity (Wildman–Crippen MR) is 92.7 cm³/mol. The second-order valence-electron chi connectivity index (χ2n) is 5.82. The van der Waals surface area contributed by atoms with Crippen LogP contribution >= 0.6 is 0 Å². The van der Waals surface area contributed by atoms with Gasteiger partial charge in [-0.2, -0.15) is 5.10 Å². The van der Waals surface area contributed by atoms with E-state index in [4.69, 9.17) is 0 Å². The maximum atomic E-state index is 4.61. The van der Waals surface area contributed by atoms with Gasteiger partial charge in [-0.1, -0.05) is 26.0 Å². The van der Waals surface area contributed by atoms with Gasteiger partial charge < -0.3 is 0 Å². The zero-order valence-electron chi connectivity index (χ0n) is 13.9. The number of nitrogens with zero attached hydrogens (tertiary/aromatic N) is 4. The zero-order valence-corrected chi connectivity index (χ0v) is 13.9. The Kier molecular flexibility index (Phi) is 4.51. The number of hydrogen-bond acceptors (Lipinski definition) is 3. The maximum Gasteiger partial charge on any atom is 0.115 e. The van der Waals surface area contributed by atoms with Gasteiger partial charge in [0.15, 0.2) is 0 Å². The van der Waals surface area contributed by atoms with E-state index in [0.29, 0.717) is 5.92 Å². The minimum atomic E-state index is 0.538. The molecule has 0 radical (unpaired) electrons. The summed E-state index contributed by atoms with van der Waals surface area (Å²) in [5, 5.41) is 4.61. The molecule has 3 aromatic rings. The quantitative estimate of drug-likeness (QED) is 0.695. The first-order valence-corrected chi connectivity index (χ1v) is 8.14. The monoisotopic (exact) mass is 306 g/mol. The molecule has 0 aliphatic carbocycles. The highest BCUT2D eigenvalue weighted by atomic mass is 15.3. The Labute approximate surface area is 137 Å². The third-order valence-electron chi connectivity index (χ3n) is 4.32. The van der Waals surface area contributed by atoms with Crippen LogP contribution in [-0.4, -0.2) is 19.7 Å². The van der Waals surface area contributed by atoms with Gasteiger partial charge in [-0.15, -0.1) is 0 Å². The van der Waals surface area contributed by atoms with Gasteiger partial charge in [-0.05, 0) is 48.9 Å². The van der Waals surface area contributed by atoms with E-state index in [1.807, 2.05) is 36.3 Å². The molecule has 0 saturated heterocycles. The smallest absolute Gasteiger partial charge is 0.115 e. The molecule has 4 nitrogen and oxygen atoms in total. The fourth-order valence-electron chi connectivity index (χ4n) is 2.99. The molecular formula is C19H22N4. The van der Waals surface area contributed by atoms with Crippen LogP contribution in [0.5, 0.6) is 0 Å². The standard InChI is InChI=1S/C19H22N4/c1-4-15(5-2)18-7-6-16(17-11-20-13-21-12-17)10-19(18)23-9-8-14(3)22-23/h6-13,15H,4-5H2,1-3H3. The molecular weight excluding hydrogens is 284 g/mol. The van der Waals surface area contributed by atoms with E-state index < -0.39 is 0 Å². The summed E-state index contributed by atoms with van der Waals surface area (Å²) in [7, 11) is 0. The van der Waals surface area contributed by atoms with Crippen LogP contribution in [0.15, 0.2) is 49.2 Å². The summed E-state index contributed by atoms with van der Waals surface area (Å²) in [6.45, 7) is 6.50. The van der Waals surface area contributed by atoms with Crippen molar-refractivity contribution in [1.29, 1.82) is 0 Å². The summed E-state index contributed by atoms with van der Waals surface area (Å²) in [6, 6.07) is 8.62. The number of aryl methyl sites for hydroxylation is 1. The number of hydrogen-bond donors (Lipinski definition) is 0. The lowest BCUT2D eigenvalue weighted by molar-refractivity contribution is 0.634. The van der Waals surface area contributed by atoms with Gasteiger partial charge in [0.25, 0.3) is 0 Å². The molecule has 0 aliphatic rings. The summed E-state index contributed by atoms with van der Waals surface area (Å²) in [5.74, 6) is 0.538. The molecule has 0 amide bonds. The summed E-state index contributed by atoms with van der Waals surface area (Å²) < 4.78 is 1.98. The second kappa shape index (κ2) is 6.73. The highest BCUT2D eigenvalue weighted by molar-refractivity contribution is 5.66. The van der Waals surface area contributed by atoms with Crippen molar-refractivity contribution >= 4 is 0 Å². The van der Waals surface area contributed by atoms with E-state index in [2.05, 4.69) is 47.1 Å². The van der Waals surface area contributed by atoms with Crippen molar-refractivity contribution in [1.82, 2.24) is 19.7 Å². The van der Waals surface area contributed by atoms with Gasteiger partial charge >= 0.3 is 0 Å². The van der Waals surface area contributed by atoms with Gasteiger partial charge in [0, 0.05) is 24.2 Å². The van der Waals surface area contributed by atoms with Crippen LogP contribution in [0.4, 0.5) is 0 Å². The molecule has 0 atom stereocenters. The second-order valence-corrected chi connectivity index (χ2v) is 5.82. The molecule has 0 bridgehead atoms. The van der Waals surface area contributed by atoms with Gasteiger partial charge in [-0.3, -0.25) is 0 Å². The van der Waals surface area contributed by atoms with Crippen molar-refractivity contribution in [2.45, 2.75) is 39.5 Å². The molecule has 0 unspecified atom stereocenters. The molecule has 0 aliphatic heterocycles. The van der Waals surface area contributed by atoms with Crippen LogP contribution in [0.1, 0.15) is 43.9 Å². The molecule has 0 saturated carbocycles. The average Bonchev–Trinajstić information content (AvgIpc) is 3.03. The molecule has 0 fully saturated rings. The van der Waals surface area contributed by atoms with Gasteiger partial charge in [0.1, 0.15) is 6.33 Å². The molecule has 0 spiro atoms. The van der Waals surface area contributed by atoms with Crippen LogP contribution in [0.25, 0.3) is 16.8 Å². The fourth-order valence-corrected chi connectivity index (χ4v) is 2.99. The summed E-state index contributed by atoms with van der Waals surface area (Å²) in [5.41, 5.74) is 5.65. The lowest BCUT2D eigenvalue weighted by Crippen LogP contribution is -2.05. The van der Waals surface area contributed by atoms with Gasteiger partial charge in [0.2, 0.25) is 0 Å². The lowest BCUT2D eigenvalue weighted by Gasteiger charge is -2.19. The van der Waals surface area contributed by atoms with Crippen molar-refractivity contribution < 1.29 is 0 Å². The Bertz CT molecular complexity index is 773. The summed E-state index contributed by atoms with van der Waals surface area (Å²) in [4.78, 5) is 8.25.